The van der Waals surface area contributed by atoms with Gasteiger partial charge in [-0.3, -0.25) is 0 Å². The number of carbonyl (C=O) groups is 1. The van der Waals surface area contributed by atoms with Gasteiger partial charge in [-0.15, -0.1) is 0 Å². The van der Waals surface area contributed by atoms with E-state index in [1.54, 1.807) is 43.3 Å². The lowest BCUT2D eigenvalue weighted by atomic mass is 10.2. The molecule has 0 bridgehead atoms. The van der Waals surface area contributed by atoms with Gasteiger partial charge in [-0.25, -0.2) is 8.42 Å². The summed E-state index contributed by atoms with van der Waals surface area (Å²) in [6.45, 7) is 0.947. The first-order valence-electron chi connectivity index (χ1n) is 7.23. The number of rotatable bonds is 7. The summed E-state index contributed by atoms with van der Waals surface area (Å²) >= 11 is 0. The molecule has 0 unspecified atom stereocenters. The average Bonchev–Trinajstić information content (AvgIpc) is 2.54. The van der Waals surface area contributed by atoms with Crippen molar-refractivity contribution in [3.8, 4) is 5.75 Å². The molecule has 0 aliphatic carbocycles. The second-order valence-electron chi connectivity index (χ2n) is 5.26. The highest BCUT2D eigenvalue weighted by atomic mass is 32.2. The second-order valence-corrected chi connectivity index (χ2v) is 7.20. The van der Waals surface area contributed by atoms with Crippen LogP contribution in [0.5, 0.6) is 5.75 Å². The van der Waals surface area contributed by atoms with Crippen LogP contribution >= 0.6 is 0 Å². The van der Waals surface area contributed by atoms with E-state index in [4.69, 9.17) is 4.74 Å². The molecule has 0 atom stereocenters. The zero-order valence-electron chi connectivity index (χ0n) is 13.4. The van der Waals surface area contributed by atoms with E-state index in [0.29, 0.717) is 16.9 Å². The van der Waals surface area contributed by atoms with E-state index in [-0.39, 0.29) is 11.4 Å². The smallest absolute Gasteiger partial charge is 0.243 e. The summed E-state index contributed by atoms with van der Waals surface area (Å²) < 4.78 is 31.6. The third-order valence-electron chi connectivity index (χ3n) is 3.51. The number of methoxy groups -OCH3 is 1. The lowest BCUT2D eigenvalue weighted by molar-refractivity contribution is -0.305. The van der Waals surface area contributed by atoms with Crippen molar-refractivity contribution < 1.29 is 23.1 Å². The average molecular weight is 348 g/mol. The highest BCUT2D eigenvalue weighted by Gasteiger charge is 2.25. The Morgan fingerprint density at radius 1 is 1.17 bits per heavy atom. The quantitative estimate of drug-likeness (QED) is 0.743. The van der Waals surface area contributed by atoms with Crippen molar-refractivity contribution in [2.75, 3.05) is 13.7 Å². The van der Waals surface area contributed by atoms with Crippen LogP contribution in [0.25, 0.3) is 0 Å². The molecule has 7 heteroatoms. The number of sulfonamides is 1. The number of benzene rings is 2. The molecular weight excluding hydrogens is 330 g/mol. The van der Waals surface area contributed by atoms with E-state index in [2.05, 4.69) is 0 Å². The van der Waals surface area contributed by atoms with Gasteiger partial charge < -0.3 is 14.6 Å². The van der Waals surface area contributed by atoms with Crippen molar-refractivity contribution in [2.45, 2.75) is 18.4 Å². The fourth-order valence-corrected chi connectivity index (χ4v) is 3.78. The molecule has 0 aliphatic rings. The van der Waals surface area contributed by atoms with Crippen LogP contribution in [0.2, 0.25) is 0 Å². The Bertz CT molecular complexity index is 818. The van der Waals surface area contributed by atoms with Gasteiger partial charge in [0.2, 0.25) is 10.0 Å². The van der Waals surface area contributed by atoms with Gasteiger partial charge in [0.15, 0.2) is 0 Å². The van der Waals surface area contributed by atoms with Gasteiger partial charge in [-0.2, -0.15) is 4.31 Å². The lowest BCUT2D eigenvalue weighted by Gasteiger charge is -2.23. The number of carboxylic acids is 1. The summed E-state index contributed by atoms with van der Waals surface area (Å²) in [4.78, 5) is 11.0. The minimum Gasteiger partial charge on any atom is -0.549 e. The highest BCUT2D eigenvalue weighted by molar-refractivity contribution is 7.89. The molecule has 0 heterocycles. The van der Waals surface area contributed by atoms with Gasteiger partial charge in [0, 0.05) is 6.54 Å². The van der Waals surface area contributed by atoms with Crippen molar-refractivity contribution in [3.63, 3.8) is 0 Å². The molecule has 6 nitrogen and oxygen atoms in total. The maximum absolute atomic E-state index is 12.8. The summed E-state index contributed by atoms with van der Waals surface area (Å²) in [5, 5.41) is 11.0. The van der Waals surface area contributed by atoms with Crippen molar-refractivity contribution in [1.29, 1.82) is 0 Å². The Kier molecular flexibility index (Phi) is 5.58. The normalized spacial score (nSPS) is 11.5. The molecule has 0 saturated carbocycles. The van der Waals surface area contributed by atoms with Gasteiger partial charge in [0.1, 0.15) is 5.75 Å². The summed E-state index contributed by atoms with van der Waals surface area (Å²) in [6.07, 6.45) is 0. The Morgan fingerprint density at radius 3 is 2.38 bits per heavy atom. The van der Waals surface area contributed by atoms with Crippen LogP contribution in [0.1, 0.15) is 11.1 Å². The van der Waals surface area contributed by atoms with Gasteiger partial charge in [-0.1, -0.05) is 30.3 Å². The summed E-state index contributed by atoms with van der Waals surface area (Å²) in [5.74, 6) is -0.900. The molecule has 24 heavy (non-hydrogen) atoms. The molecule has 0 N–H and O–H groups in total. The maximum Gasteiger partial charge on any atom is 0.243 e. The van der Waals surface area contributed by atoms with Gasteiger partial charge >= 0.3 is 0 Å². The minimum absolute atomic E-state index is 0.0120. The number of aliphatic carboxylic acids is 1. The van der Waals surface area contributed by atoms with E-state index in [1.165, 1.54) is 19.2 Å². The largest absolute Gasteiger partial charge is 0.549 e. The van der Waals surface area contributed by atoms with E-state index in [0.717, 1.165) is 4.31 Å². The first kappa shape index (κ1) is 18.0. The van der Waals surface area contributed by atoms with E-state index in [9.17, 15) is 18.3 Å². The molecule has 0 saturated heterocycles. The number of ether oxygens (including phenoxy) is 1. The molecule has 0 aromatic heterocycles. The van der Waals surface area contributed by atoms with Crippen LogP contribution < -0.4 is 9.84 Å². The Labute approximate surface area is 141 Å². The number of hydrogen-bond donors (Lipinski definition) is 0. The first-order valence-corrected chi connectivity index (χ1v) is 8.67. The third kappa shape index (κ3) is 4.12. The molecule has 0 spiro atoms. The number of aryl methyl sites for hydroxylation is 1. The van der Waals surface area contributed by atoms with Crippen LogP contribution in [0.3, 0.4) is 0 Å². The van der Waals surface area contributed by atoms with Crippen molar-refractivity contribution in [1.82, 2.24) is 4.31 Å². The van der Waals surface area contributed by atoms with Crippen LogP contribution in [-0.2, 0) is 21.4 Å². The van der Waals surface area contributed by atoms with Gasteiger partial charge in [0.25, 0.3) is 0 Å². The number of nitrogens with zero attached hydrogens (tertiary/aromatic N) is 1. The fourth-order valence-electron chi connectivity index (χ4n) is 2.32. The van der Waals surface area contributed by atoms with Crippen molar-refractivity contribution in [3.05, 3.63) is 59.7 Å². The maximum atomic E-state index is 12.8. The molecule has 0 radical (unpaired) electrons. The zero-order chi connectivity index (χ0) is 17.7. The topological polar surface area (TPSA) is 86.7 Å². The molecule has 2 rings (SSSR count). The number of hydrogen-bond acceptors (Lipinski definition) is 5. The predicted molar refractivity (Wildman–Crippen MR) is 86.8 cm³/mol. The summed E-state index contributed by atoms with van der Waals surface area (Å²) in [6, 6.07) is 13.2. The molecule has 2 aromatic carbocycles. The fraction of sp³-hybridized carbons (Fsp3) is 0.235. The summed E-state index contributed by atoms with van der Waals surface area (Å²) in [5.41, 5.74) is 1.33. The number of carboxylic acid groups (broad SMARTS) is 1. The monoisotopic (exact) mass is 348 g/mol. The molecular formula is C17H18NO5S-. The second kappa shape index (κ2) is 7.46. The van der Waals surface area contributed by atoms with Crippen LogP contribution in [-0.4, -0.2) is 32.3 Å². The molecule has 0 fully saturated rings. The van der Waals surface area contributed by atoms with Crippen molar-refractivity contribution in [2.24, 2.45) is 0 Å². The van der Waals surface area contributed by atoms with E-state index < -0.39 is 22.5 Å². The van der Waals surface area contributed by atoms with E-state index in [1.807, 2.05) is 0 Å². The zero-order valence-corrected chi connectivity index (χ0v) is 14.2. The molecule has 2 aromatic rings. The van der Waals surface area contributed by atoms with E-state index >= 15 is 0 Å². The third-order valence-corrected chi connectivity index (χ3v) is 5.30. The van der Waals surface area contributed by atoms with Gasteiger partial charge in [-0.05, 0) is 36.2 Å². The Hall–Kier alpha value is -2.38. The summed E-state index contributed by atoms with van der Waals surface area (Å²) in [7, 11) is -2.49. The Morgan fingerprint density at radius 2 is 1.83 bits per heavy atom. The first-order chi connectivity index (χ1) is 11.3. The molecule has 0 aliphatic heterocycles. The predicted octanol–water partition coefficient (Wildman–Crippen LogP) is 0.944. The standard InChI is InChI=1S/C17H19NO5S/c1-13-10-15(8-9-16(13)23-2)24(21,22)18(12-17(19)20)11-14-6-4-3-5-7-14/h3-10H,11-12H2,1-2H3,(H,19,20)/p-1. The van der Waals surface area contributed by atoms with Crippen LogP contribution in [0.15, 0.2) is 53.4 Å². The van der Waals surface area contributed by atoms with Crippen LogP contribution in [0.4, 0.5) is 0 Å². The Balaban J connectivity index is 2.39. The SMILES string of the molecule is COc1ccc(S(=O)(=O)N(CC(=O)[O-])Cc2ccccc2)cc1C. The van der Waals surface area contributed by atoms with Crippen molar-refractivity contribution >= 4 is 16.0 Å². The molecule has 0 amide bonds. The minimum atomic E-state index is -3.98. The van der Waals surface area contributed by atoms with Gasteiger partial charge in [0.05, 0.1) is 24.5 Å². The number of carbonyl (C=O) groups excluding carboxylic acids is 1. The molecule has 128 valence electrons. The highest BCUT2D eigenvalue weighted by Crippen LogP contribution is 2.24. The van der Waals surface area contributed by atoms with Crippen LogP contribution in [0, 0.1) is 6.92 Å². The lowest BCUT2D eigenvalue weighted by Crippen LogP contribution is -2.41.